The molecule has 0 rings (SSSR count). The van der Waals surface area contributed by atoms with E-state index in [0.717, 1.165) is 12.8 Å². The number of hydrogen-bond acceptors (Lipinski definition) is 3. The molecule has 88 valence electrons. The number of unbranched alkanes of at least 4 members (excludes halogenated alkanes) is 1. The second-order valence-corrected chi connectivity index (χ2v) is 4.57. The minimum absolute atomic E-state index is 0.333. The van der Waals surface area contributed by atoms with Crippen LogP contribution in [0, 0.1) is 23.2 Å². The van der Waals surface area contributed by atoms with Gasteiger partial charge in [-0.05, 0) is 18.8 Å². The van der Waals surface area contributed by atoms with Crippen molar-refractivity contribution >= 4 is 0 Å². The molecule has 3 atom stereocenters. The zero-order chi connectivity index (χ0) is 11.8. The van der Waals surface area contributed by atoms with Gasteiger partial charge in [-0.15, -0.1) is 0 Å². The summed E-state index contributed by atoms with van der Waals surface area (Å²) >= 11 is 0. The molecule has 0 aliphatic rings. The van der Waals surface area contributed by atoms with Crippen molar-refractivity contribution in [3.63, 3.8) is 0 Å². The standard InChI is InChI=1S/C12H23NO2/c1-4-5-6-10(8-13)12(15)11(14)7-9(2)3/h9-12,14-15H,4-7H2,1-3H3/t10-,11?,12-/m0/s1. The van der Waals surface area contributed by atoms with Crippen molar-refractivity contribution in [3.05, 3.63) is 0 Å². The first-order valence-corrected chi connectivity index (χ1v) is 5.78. The van der Waals surface area contributed by atoms with Crippen molar-refractivity contribution in [2.24, 2.45) is 11.8 Å². The van der Waals surface area contributed by atoms with Crippen LogP contribution in [0.2, 0.25) is 0 Å². The van der Waals surface area contributed by atoms with E-state index in [2.05, 4.69) is 6.07 Å². The SMILES string of the molecule is CCCC[C@@H](C#N)[C@H](O)C(O)CC(C)C. The minimum Gasteiger partial charge on any atom is -0.390 e. The van der Waals surface area contributed by atoms with Gasteiger partial charge in [0.15, 0.2) is 0 Å². The average molecular weight is 213 g/mol. The molecule has 0 aliphatic heterocycles. The number of nitrogens with zero attached hydrogens (tertiary/aromatic N) is 1. The lowest BCUT2D eigenvalue weighted by Gasteiger charge is -2.23. The van der Waals surface area contributed by atoms with Crippen LogP contribution in [0.3, 0.4) is 0 Å². The first-order valence-electron chi connectivity index (χ1n) is 5.78. The maximum absolute atomic E-state index is 9.78. The van der Waals surface area contributed by atoms with Gasteiger partial charge in [0.2, 0.25) is 0 Å². The summed E-state index contributed by atoms with van der Waals surface area (Å²) in [4.78, 5) is 0. The van der Waals surface area contributed by atoms with Crippen LogP contribution in [0.5, 0.6) is 0 Å². The number of aliphatic hydroxyl groups is 2. The van der Waals surface area contributed by atoms with Crippen molar-refractivity contribution in [2.45, 2.75) is 58.7 Å². The molecular weight excluding hydrogens is 190 g/mol. The van der Waals surface area contributed by atoms with E-state index in [0.29, 0.717) is 18.8 Å². The maximum atomic E-state index is 9.78. The fourth-order valence-electron chi connectivity index (χ4n) is 1.63. The molecule has 0 bridgehead atoms. The summed E-state index contributed by atoms with van der Waals surface area (Å²) in [7, 11) is 0. The maximum Gasteiger partial charge on any atom is 0.0956 e. The Morgan fingerprint density at radius 3 is 2.27 bits per heavy atom. The van der Waals surface area contributed by atoms with Crippen LogP contribution >= 0.6 is 0 Å². The third-order valence-electron chi connectivity index (χ3n) is 2.55. The molecule has 0 heterocycles. The van der Waals surface area contributed by atoms with Crippen LogP contribution < -0.4 is 0 Å². The Kier molecular flexibility index (Phi) is 7.37. The molecular formula is C12H23NO2. The van der Waals surface area contributed by atoms with Crippen LogP contribution in [0.15, 0.2) is 0 Å². The number of nitriles is 1. The molecule has 0 aliphatic carbocycles. The van der Waals surface area contributed by atoms with Crippen molar-refractivity contribution in [2.75, 3.05) is 0 Å². The first kappa shape index (κ1) is 14.4. The molecule has 1 unspecified atom stereocenters. The molecule has 0 fully saturated rings. The van der Waals surface area contributed by atoms with Gasteiger partial charge < -0.3 is 10.2 Å². The van der Waals surface area contributed by atoms with E-state index in [4.69, 9.17) is 5.26 Å². The second-order valence-electron chi connectivity index (χ2n) is 4.57. The monoisotopic (exact) mass is 213 g/mol. The lowest BCUT2D eigenvalue weighted by Crippen LogP contribution is -2.33. The van der Waals surface area contributed by atoms with Crippen molar-refractivity contribution in [1.82, 2.24) is 0 Å². The Labute approximate surface area is 92.7 Å². The molecule has 3 heteroatoms. The van der Waals surface area contributed by atoms with E-state index in [1.165, 1.54) is 0 Å². The van der Waals surface area contributed by atoms with Crippen LogP contribution in [0.4, 0.5) is 0 Å². The molecule has 0 saturated carbocycles. The lowest BCUT2D eigenvalue weighted by atomic mass is 9.90. The normalized spacial score (nSPS) is 17.1. The molecule has 2 N–H and O–H groups in total. The van der Waals surface area contributed by atoms with Gasteiger partial charge in [-0.25, -0.2) is 0 Å². The molecule has 0 saturated heterocycles. The second kappa shape index (κ2) is 7.67. The summed E-state index contributed by atoms with van der Waals surface area (Å²) in [5.74, 6) is -0.0983. The highest BCUT2D eigenvalue weighted by Crippen LogP contribution is 2.18. The number of aliphatic hydroxyl groups excluding tert-OH is 2. The van der Waals surface area contributed by atoms with E-state index in [-0.39, 0.29) is 0 Å². The molecule has 0 aromatic rings. The van der Waals surface area contributed by atoms with Gasteiger partial charge in [-0.2, -0.15) is 5.26 Å². The van der Waals surface area contributed by atoms with Gasteiger partial charge in [0.25, 0.3) is 0 Å². The van der Waals surface area contributed by atoms with E-state index < -0.39 is 18.1 Å². The summed E-state index contributed by atoms with van der Waals surface area (Å²) in [5, 5.41) is 28.4. The van der Waals surface area contributed by atoms with Crippen molar-refractivity contribution < 1.29 is 10.2 Å². The Morgan fingerprint density at radius 1 is 1.27 bits per heavy atom. The van der Waals surface area contributed by atoms with Gasteiger partial charge in [0.1, 0.15) is 0 Å². The summed E-state index contributed by atoms with van der Waals surface area (Å²) in [6.45, 7) is 6.03. The van der Waals surface area contributed by atoms with Gasteiger partial charge in [0.05, 0.1) is 24.2 Å². The van der Waals surface area contributed by atoms with Crippen LogP contribution in [0.25, 0.3) is 0 Å². The van der Waals surface area contributed by atoms with Crippen LogP contribution in [-0.2, 0) is 0 Å². The quantitative estimate of drug-likeness (QED) is 0.680. The smallest absolute Gasteiger partial charge is 0.0956 e. The average Bonchev–Trinajstić information content (AvgIpc) is 2.17. The summed E-state index contributed by atoms with van der Waals surface area (Å²) in [5.41, 5.74) is 0. The highest BCUT2D eigenvalue weighted by atomic mass is 16.3. The van der Waals surface area contributed by atoms with Gasteiger partial charge in [0, 0.05) is 0 Å². The lowest BCUT2D eigenvalue weighted by molar-refractivity contribution is -0.0159. The van der Waals surface area contributed by atoms with E-state index >= 15 is 0 Å². The molecule has 0 radical (unpaired) electrons. The fourth-order valence-corrected chi connectivity index (χ4v) is 1.63. The first-order chi connectivity index (χ1) is 7.02. The highest BCUT2D eigenvalue weighted by Gasteiger charge is 2.26. The van der Waals surface area contributed by atoms with E-state index in [9.17, 15) is 10.2 Å². The predicted octanol–water partition coefficient (Wildman–Crippen LogP) is 2.08. The zero-order valence-electron chi connectivity index (χ0n) is 9.98. The van der Waals surface area contributed by atoms with Crippen molar-refractivity contribution in [3.8, 4) is 6.07 Å². The number of rotatable bonds is 7. The largest absolute Gasteiger partial charge is 0.390 e. The fraction of sp³-hybridized carbons (Fsp3) is 0.917. The van der Waals surface area contributed by atoms with Crippen molar-refractivity contribution in [1.29, 1.82) is 5.26 Å². The molecule has 0 spiro atoms. The molecule has 0 aromatic carbocycles. The Morgan fingerprint density at radius 2 is 1.87 bits per heavy atom. The number of hydrogen-bond donors (Lipinski definition) is 2. The molecule has 15 heavy (non-hydrogen) atoms. The van der Waals surface area contributed by atoms with Crippen LogP contribution in [-0.4, -0.2) is 22.4 Å². The third-order valence-corrected chi connectivity index (χ3v) is 2.55. The minimum atomic E-state index is -0.899. The van der Waals surface area contributed by atoms with Gasteiger partial charge in [-0.3, -0.25) is 0 Å². The molecule has 0 amide bonds. The highest BCUT2D eigenvalue weighted by molar-refractivity contribution is 4.91. The predicted molar refractivity (Wildman–Crippen MR) is 60.1 cm³/mol. The van der Waals surface area contributed by atoms with Crippen LogP contribution in [0.1, 0.15) is 46.5 Å². The Hall–Kier alpha value is -0.590. The molecule has 3 nitrogen and oxygen atoms in total. The Bertz CT molecular complexity index is 198. The van der Waals surface area contributed by atoms with Gasteiger partial charge >= 0.3 is 0 Å². The zero-order valence-corrected chi connectivity index (χ0v) is 9.98. The summed E-state index contributed by atoms with van der Waals surface area (Å²) in [6, 6.07) is 2.08. The summed E-state index contributed by atoms with van der Waals surface area (Å²) in [6.07, 6.45) is 1.47. The van der Waals surface area contributed by atoms with E-state index in [1.54, 1.807) is 0 Å². The topological polar surface area (TPSA) is 64.2 Å². The Balaban J connectivity index is 4.13. The molecule has 0 aromatic heterocycles. The van der Waals surface area contributed by atoms with E-state index in [1.807, 2.05) is 20.8 Å². The van der Waals surface area contributed by atoms with Gasteiger partial charge in [-0.1, -0.05) is 33.6 Å². The summed E-state index contributed by atoms with van der Waals surface area (Å²) < 4.78 is 0. The third kappa shape index (κ3) is 5.76.